The Labute approximate surface area is 248 Å². The van der Waals surface area contributed by atoms with E-state index in [0.29, 0.717) is 55.3 Å². The summed E-state index contributed by atoms with van der Waals surface area (Å²) in [6.07, 6.45) is 2.58. The molecule has 42 heavy (non-hydrogen) atoms. The number of fused-ring (bicyclic) bond motifs is 1. The summed E-state index contributed by atoms with van der Waals surface area (Å²) < 4.78 is 0. The van der Waals surface area contributed by atoms with Crippen molar-refractivity contribution < 1.29 is 24.6 Å². The molecule has 3 amide bonds. The summed E-state index contributed by atoms with van der Waals surface area (Å²) in [5.41, 5.74) is 3.33. The van der Waals surface area contributed by atoms with Crippen LogP contribution in [0.15, 0.2) is 53.0 Å². The summed E-state index contributed by atoms with van der Waals surface area (Å²) >= 11 is 0. The van der Waals surface area contributed by atoms with Gasteiger partial charge in [-0.3, -0.25) is 14.5 Å². The molecule has 1 atom stereocenters. The SMILES string of the molecule is CCCN(CCC)C(=O)C1=Cc2ccc(-c3ccc(C(=O)N4CC[C@@H](O)C4)cc3)cc2N=C(N(C(=O)O)C(C)(C)C)C1. The lowest BCUT2D eigenvalue weighted by Gasteiger charge is -2.34. The van der Waals surface area contributed by atoms with E-state index in [1.807, 2.05) is 75.9 Å². The third kappa shape index (κ3) is 6.90. The monoisotopic (exact) mass is 574 g/mol. The first kappa shape index (κ1) is 31.0. The van der Waals surface area contributed by atoms with Crippen molar-refractivity contribution in [2.75, 3.05) is 26.2 Å². The number of aliphatic imine (C=N–C) groups is 1. The Morgan fingerprint density at radius 1 is 1.00 bits per heavy atom. The lowest BCUT2D eigenvalue weighted by atomic mass is 9.99. The first-order chi connectivity index (χ1) is 19.9. The zero-order valence-electron chi connectivity index (χ0n) is 25.3. The van der Waals surface area contributed by atoms with Gasteiger partial charge in [-0.2, -0.15) is 0 Å². The third-order valence-corrected chi connectivity index (χ3v) is 7.54. The first-order valence-electron chi connectivity index (χ1n) is 14.7. The Morgan fingerprint density at radius 3 is 2.19 bits per heavy atom. The quantitative estimate of drug-likeness (QED) is 0.434. The molecule has 1 fully saturated rings. The summed E-state index contributed by atoms with van der Waals surface area (Å²) in [6.45, 7) is 11.6. The molecule has 4 rings (SSSR count). The lowest BCUT2D eigenvalue weighted by Crippen LogP contribution is -2.49. The number of hydrogen-bond donors (Lipinski definition) is 2. The Balaban J connectivity index is 1.74. The van der Waals surface area contributed by atoms with Crippen LogP contribution in [0.3, 0.4) is 0 Å². The standard InChI is InChI=1S/C33H42N4O5/c1-6-15-35(16-7-2)31(40)26-18-25-13-12-24(19-28(25)34-29(20-26)37(32(41)42)33(3,4)5)22-8-10-23(11-9-22)30(39)36-17-14-27(38)21-36/h8-13,18-19,27,38H,6-7,14-17,20-21H2,1-5H3,(H,41,42)/t27-/m1/s1. The van der Waals surface area contributed by atoms with Crippen molar-refractivity contribution in [3.63, 3.8) is 0 Å². The van der Waals surface area contributed by atoms with Crippen molar-refractivity contribution in [3.05, 3.63) is 59.2 Å². The molecular formula is C33H42N4O5. The molecule has 2 aromatic rings. The van der Waals surface area contributed by atoms with E-state index >= 15 is 0 Å². The van der Waals surface area contributed by atoms with Crippen LogP contribution in [0.5, 0.6) is 0 Å². The van der Waals surface area contributed by atoms with Crippen molar-refractivity contribution in [1.29, 1.82) is 0 Å². The summed E-state index contributed by atoms with van der Waals surface area (Å²) in [7, 11) is 0. The molecule has 0 saturated carbocycles. The van der Waals surface area contributed by atoms with Crippen molar-refractivity contribution in [2.24, 2.45) is 4.99 Å². The second kappa shape index (κ2) is 12.9. The van der Waals surface area contributed by atoms with Crippen molar-refractivity contribution in [3.8, 4) is 11.1 Å². The van der Waals surface area contributed by atoms with Crippen LogP contribution in [-0.4, -0.2) is 86.5 Å². The van der Waals surface area contributed by atoms with Crippen LogP contribution in [0.4, 0.5) is 10.5 Å². The predicted molar refractivity (Wildman–Crippen MR) is 165 cm³/mol. The van der Waals surface area contributed by atoms with Crippen LogP contribution in [-0.2, 0) is 4.79 Å². The Morgan fingerprint density at radius 2 is 1.64 bits per heavy atom. The van der Waals surface area contributed by atoms with Gasteiger partial charge in [0.15, 0.2) is 0 Å². The van der Waals surface area contributed by atoms with Gasteiger partial charge in [-0.1, -0.05) is 38.1 Å². The van der Waals surface area contributed by atoms with Gasteiger partial charge in [0.25, 0.3) is 5.91 Å². The highest BCUT2D eigenvalue weighted by molar-refractivity contribution is 6.09. The number of carboxylic acid groups (broad SMARTS) is 1. The van der Waals surface area contributed by atoms with E-state index in [1.54, 1.807) is 17.0 Å². The Kier molecular flexibility index (Phi) is 9.51. The zero-order valence-corrected chi connectivity index (χ0v) is 25.3. The number of amidine groups is 1. The second-order valence-corrected chi connectivity index (χ2v) is 12.0. The molecule has 0 aromatic heterocycles. The minimum Gasteiger partial charge on any atom is -0.465 e. The highest BCUT2D eigenvalue weighted by Crippen LogP contribution is 2.34. The van der Waals surface area contributed by atoms with Crippen LogP contribution in [0, 0.1) is 0 Å². The number of hydrogen-bond acceptors (Lipinski definition) is 5. The smallest absolute Gasteiger partial charge is 0.413 e. The maximum atomic E-state index is 13.7. The van der Waals surface area contributed by atoms with Gasteiger partial charge in [-0.25, -0.2) is 9.79 Å². The average Bonchev–Trinajstić information content (AvgIpc) is 3.28. The Bertz CT molecular complexity index is 1380. The summed E-state index contributed by atoms with van der Waals surface area (Å²) in [5, 5.41) is 20.0. The molecule has 0 bridgehead atoms. The third-order valence-electron chi connectivity index (χ3n) is 7.54. The van der Waals surface area contributed by atoms with E-state index in [-0.39, 0.29) is 18.2 Å². The fourth-order valence-electron chi connectivity index (χ4n) is 5.55. The molecule has 1 saturated heterocycles. The number of rotatable bonds is 7. The average molecular weight is 575 g/mol. The second-order valence-electron chi connectivity index (χ2n) is 12.0. The summed E-state index contributed by atoms with van der Waals surface area (Å²) in [5.74, 6) is 0.0910. The number of nitrogens with zero attached hydrogens (tertiary/aromatic N) is 4. The number of β-amino-alcohol motifs (C(OH)–C–C–N with tert-alkyl or cyclic N) is 1. The normalized spacial score (nSPS) is 16.7. The fraction of sp³-hybridized carbons (Fsp3) is 0.455. The molecule has 224 valence electrons. The van der Waals surface area contributed by atoms with E-state index in [2.05, 4.69) is 0 Å². The maximum absolute atomic E-state index is 13.7. The van der Waals surface area contributed by atoms with E-state index in [1.165, 1.54) is 4.90 Å². The van der Waals surface area contributed by atoms with Gasteiger partial charge in [0.2, 0.25) is 5.91 Å². The number of carbonyl (C=O) groups excluding carboxylic acids is 2. The Hall–Kier alpha value is -3.98. The van der Waals surface area contributed by atoms with Gasteiger partial charge in [-0.05, 0) is 75.4 Å². The number of amides is 3. The van der Waals surface area contributed by atoms with Gasteiger partial charge in [0.1, 0.15) is 5.84 Å². The molecule has 9 nitrogen and oxygen atoms in total. The zero-order chi connectivity index (χ0) is 30.6. The van der Waals surface area contributed by atoms with Crippen molar-refractivity contribution in [1.82, 2.24) is 14.7 Å². The highest BCUT2D eigenvalue weighted by Gasteiger charge is 2.34. The van der Waals surface area contributed by atoms with Gasteiger partial charge in [0.05, 0.1) is 11.8 Å². The summed E-state index contributed by atoms with van der Waals surface area (Å²) in [4.78, 5) is 48.6. The van der Waals surface area contributed by atoms with Crippen LogP contribution in [0.2, 0.25) is 0 Å². The minimum atomic E-state index is -1.13. The van der Waals surface area contributed by atoms with Crippen molar-refractivity contribution >= 4 is 35.5 Å². The number of aliphatic hydroxyl groups excluding tert-OH is 1. The van der Waals surface area contributed by atoms with Gasteiger partial charge in [-0.15, -0.1) is 0 Å². The van der Waals surface area contributed by atoms with E-state index in [4.69, 9.17) is 4.99 Å². The largest absolute Gasteiger partial charge is 0.465 e. The predicted octanol–water partition coefficient (Wildman–Crippen LogP) is 5.80. The minimum absolute atomic E-state index is 0.0956. The molecule has 0 unspecified atom stereocenters. The first-order valence-corrected chi connectivity index (χ1v) is 14.7. The van der Waals surface area contributed by atoms with E-state index in [0.717, 1.165) is 29.5 Å². The molecule has 9 heteroatoms. The van der Waals surface area contributed by atoms with Crippen LogP contribution >= 0.6 is 0 Å². The number of carbonyl (C=O) groups is 3. The highest BCUT2D eigenvalue weighted by atomic mass is 16.4. The molecule has 2 aliphatic rings. The van der Waals surface area contributed by atoms with Gasteiger partial charge in [0, 0.05) is 54.8 Å². The van der Waals surface area contributed by atoms with Gasteiger partial charge >= 0.3 is 6.09 Å². The van der Waals surface area contributed by atoms with Gasteiger partial charge < -0.3 is 20.0 Å². The van der Waals surface area contributed by atoms with E-state index in [9.17, 15) is 24.6 Å². The van der Waals surface area contributed by atoms with E-state index < -0.39 is 17.7 Å². The van der Waals surface area contributed by atoms with Crippen LogP contribution in [0.1, 0.15) is 76.2 Å². The number of aliphatic hydroxyl groups is 1. The maximum Gasteiger partial charge on any atom is 0.413 e. The molecule has 2 aliphatic heterocycles. The number of benzene rings is 2. The number of likely N-dealkylation sites (tertiary alicyclic amines) is 1. The van der Waals surface area contributed by atoms with Crippen molar-refractivity contribution in [2.45, 2.75) is 71.9 Å². The molecule has 0 radical (unpaired) electrons. The topological polar surface area (TPSA) is 114 Å². The molecular weight excluding hydrogens is 532 g/mol. The molecule has 0 aliphatic carbocycles. The molecule has 2 heterocycles. The van der Waals surface area contributed by atoms with Crippen LogP contribution in [0.25, 0.3) is 17.2 Å². The molecule has 0 spiro atoms. The summed E-state index contributed by atoms with van der Waals surface area (Å²) in [6, 6.07) is 13.1. The molecule has 2 N–H and O–H groups in total. The fourth-order valence-corrected chi connectivity index (χ4v) is 5.55. The van der Waals surface area contributed by atoms with Crippen LogP contribution < -0.4 is 0 Å². The lowest BCUT2D eigenvalue weighted by molar-refractivity contribution is -0.127. The molecule has 2 aromatic carbocycles.